The number of hydrogen-bond donors (Lipinski definition) is 0. The monoisotopic (exact) mass is 573 g/mol. The average Bonchev–Trinajstić information content (AvgIpc) is 3.76. The van der Waals surface area contributed by atoms with Crippen molar-refractivity contribution in [2.45, 2.75) is 19.1 Å². The molecule has 196 valence electrons. The van der Waals surface area contributed by atoms with Crippen LogP contribution in [0.25, 0.3) is 11.5 Å². The fraction of sp³-hybridized carbons (Fsp3) is 0.0909. The third-order valence-corrected chi connectivity index (χ3v) is 6.40. The molecule has 0 N–H and O–H groups in total. The van der Waals surface area contributed by atoms with E-state index in [1.54, 1.807) is 0 Å². The Morgan fingerprint density at radius 2 is 1.46 bits per heavy atom. The van der Waals surface area contributed by atoms with Crippen molar-refractivity contribution in [3.8, 4) is 11.5 Å². The van der Waals surface area contributed by atoms with Gasteiger partial charge >= 0.3 is 17.1 Å². The summed E-state index contributed by atoms with van der Waals surface area (Å²) in [5.41, 5.74) is 4.41. The van der Waals surface area contributed by atoms with Gasteiger partial charge in [0.2, 0.25) is 11.8 Å². The zero-order chi connectivity index (χ0) is 26.0. The number of hydrogen-bond acceptors (Lipinski definition) is 4. The number of halogens is 1. The maximum absolute atomic E-state index is 6.24. The minimum absolute atomic E-state index is 0. The zero-order valence-corrected chi connectivity index (χ0v) is 23.1. The Morgan fingerprint density at radius 3 is 1.97 bits per heavy atom. The van der Waals surface area contributed by atoms with Crippen LogP contribution in [0.2, 0.25) is 5.02 Å². The molecule has 0 fully saturated rings. The molecule has 4 nitrogen and oxygen atoms in total. The van der Waals surface area contributed by atoms with Crippen LogP contribution in [-0.4, -0.2) is 15.1 Å². The summed E-state index contributed by atoms with van der Waals surface area (Å²) in [7, 11) is 0. The van der Waals surface area contributed by atoms with Crippen molar-refractivity contribution in [2.75, 3.05) is 0 Å². The Kier molecular flexibility index (Phi) is 10.7. The molecule has 0 bridgehead atoms. The van der Waals surface area contributed by atoms with Crippen LogP contribution in [-0.2, 0) is 30.2 Å². The van der Waals surface area contributed by atoms with E-state index in [1.165, 1.54) is 11.1 Å². The largest absolute Gasteiger partial charge is 2.00 e. The van der Waals surface area contributed by atoms with Gasteiger partial charge in [-0.25, -0.2) is 30.7 Å². The van der Waals surface area contributed by atoms with Crippen LogP contribution in [0, 0.1) is 19.3 Å². The van der Waals surface area contributed by atoms with Gasteiger partial charge in [0, 0.05) is 23.7 Å². The molecule has 0 saturated carbocycles. The van der Waals surface area contributed by atoms with Crippen molar-refractivity contribution in [1.82, 2.24) is 15.1 Å². The third kappa shape index (κ3) is 8.01. The summed E-state index contributed by atoms with van der Waals surface area (Å²) in [4.78, 5) is 2.37. The molecule has 1 aromatic heterocycles. The van der Waals surface area contributed by atoms with Gasteiger partial charge in [-0.05, 0) is 35.4 Å². The second kappa shape index (κ2) is 14.6. The summed E-state index contributed by atoms with van der Waals surface area (Å²) in [6.07, 6.45) is 10.0. The summed E-state index contributed by atoms with van der Waals surface area (Å²) in [5, 5.41) is 9.51. The van der Waals surface area contributed by atoms with Gasteiger partial charge in [0.1, 0.15) is 0 Å². The summed E-state index contributed by atoms with van der Waals surface area (Å²) < 4.78 is 6.24. The van der Waals surface area contributed by atoms with Crippen molar-refractivity contribution in [3.05, 3.63) is 168 Å². The van der Waals surface area contributed by atoms with E-state index in [-0.39, 0.29) is 23.1 Å². The molecule has 2 radical (unpaired) electrons. The standard InChI is InChI=1S/C28H23ClN3O.C5H5.Fe/c29-25-17-15-24(16-18-25)27-30-31-28(33-27)26(23-13-7-8-14-23)32(19-21-9-3-1-4-10-21)20-22-11-5-2-6-12-22;1-2-4-5-3-1;/h1-18,26H,19-20H2;1-5H;/q2*-1;+2. The van der Waals surface area contributed by atoms with Gasteiger partial charge in [0.05, 0.1) is 6.04 Å². The third-order valence-electron chi connectivity index (χ3n) is 6.15. The normalized spacial score (nSPS) is 12.8. The van der Waals surface area contributed by atoms with E-state index < -0.39 is 0 Å². The van der Waals surface area contributed by atoms with E-state index in [9.17, 15) is 0 Å². The van der Waals surface area contributed by atoms with Crippen LogP contribution < -0.4 is 0 Å². The second-order valence-corrected chi connectivity index (χ2v) is 9.35. The van der Waals surface area contributed by atoms with E-state index in [4.69, 9.17) is 16.0 Å². The molecule has 1 heterocycles. The first-order chi connectivity index (χ1) is 18.8. The van der Waals surface area contributed by atoms with Crippen molar-refractivity contribution >= 4 is 11.6 Å². The predicted octanol–water partition coefficient (Wildman–Crippen LogP) is 8.07. The van der Waals surface area contributed by atoms with Crippen LogP contribution in [0.5, 0.6) is 0 Å². The van der Waals surface area contributed by atoms with Gasteiger partial charge in [-0.3, -0.25) is 4.90 Å². The molecule has 1 unspecified atom stereocenters. The number of aromatic nitrogens is 2. The zero-order valence-electron chi connectivity index (χ0n) is 21.3. The molecule has 0 saturated heterocycles. The van der Waals surface area contributed by atoms with Crippen molar-refractivity contribution in [1.29, 1.82) is 0 Å². The minimum Gasteiger partial charge on any atom is -0.419 e. The number of allylic oxidation sites excluding steroid dienone is 2. The van der Waals surface area contributed by atoms with E-state index in [2.05, 4.69) is 75.8 Å². The first kappa shape index (κ1) is 28.5. The Bertz CT molecular complexity index is 1350. The van der Waals surface area contributed by atoms with Gasteiger partial charge in [0.15, 0.2) is 0 Å². The van der Waals surface area contributed by atoms with E-state index in [0.29, 0.717) is 16.8 Å². The summed E-state index contributed by atoms with van der Waals surface area (Å²) in [6, 6.07) is 36.5. The molecule has 1 aliphatic rings. The molecule has 1 atom stereocenters. The SMILES string of the molecule is Clc1ccc(-c2nnc(C(c3ccc[cH-]3)N(Cc3ccccc3)Cc3ccccc3)o2)cc1.[CH]1[CH][CH-]C=C1.[Fe+2]. The molecule has 0 aliphatic heterocycles. The Balaban J connectivity index is 0.000000530. The molecule has 0 amide bonds. The van der Waals surface area contributed by atoms with Crippen LogP contribution >= 0.6 is 11.6 Å². The average molecular weight is 574 g/mol. The van der Waals surface area contributed by atoms with Crippen LogP contribution in [0.15, 0.2) is 126 Å². The van der Waals surface area contributed by atoms with Gasteiger partial charge < -0.3 is 4.42 Å². The van der Waals surface area contributed by atoms with Gasteiger partial charge in [-0.2, -0.15) is 12.1 Å². The fourth-order valence-corrected chi connectivity index (χ4v) is 4.46. The molecule has 0 spiro atoms. The number of rotatable bonds is 8. The van der Waals surface area contributed by atoms with Crippen molar-refractivity contribution < 1.29 is 21.5 Å². The fourth-order valence-electron chi connectivity index (χ4n) is 4.33. The van der Waals surface area contributed by atoms with Crippen LogP contribution in [0.1, 0.15) is 28.6 Å². The van der Waals surface area contributed by atoms with E-state index >= 15 is 0 Å². The minimum atomic E-state index is -0.186. The molecular weight excluding hydrogens is 546 g/mol. The van der Waals surface area contributed by atoms with Gasteiger partial charge in [-0.1, -0.05) is 72.3 Å². The number of benzene rings is 3. The Hall–Kier alpha value is -3.47. The van der Waals surface area contributed by atoms with Crippen molar-refractivity contribution in [3.63, 3.8) is 0 Å². The van der Waals surface area contributed by atoms with E-state index in [1.807, 2.05) is 79.9 Å². The maximum atomic E-state index is 6.24. The molecule has 6 rings (SSSR count). The van der Waals surface area contributed by atoms with E-state index in [0.717, 1.165) is 24.2 Å². The first-order valence-electron chi connectivity index (χ1n) is 12.6. The summed E-state index contributed by atoms with van der Waals surface area (Å²) in [5.74, 6) is 1.05. The van der Waals surface area contributed by atoms with Crippen LogP contribution in [0.3, 0.4) is 0 Å². The molecular formula is C33H28ClFeN3O. The topological polar surface area (TPSA) is 42.2 Å². The molecule has 1 aliphatic carbocycles. The molecule has 4 aromatic carbocycles. The summed E-state index contributed by atoms with van der Waals surface area (Å²) >= 11 is 6.04. The first-order valence-corrected chi connectivity index (χ1v) is 12.9. The van der Waals surface area contributed by atoms with Crippen LogP contribution in [0.4, 0.5) is 0 Å². The van der Waals surface area contributed by atoms with Crippen molar-refractivity contribution in [2.24, 2.45) is 0 Å². The number of nitrogens with zero attached hydrogens (tertiary/aromatic N) is 3. The molecule has 5 aromatic rings. The quantitative estimate of drug-likeness (QED) is 0.139. The summed E-state index contributed by atoms with van der Waals surface area (Å²) in [6.45, 7) is 1.48. The molecule has 6 heteroatoms. The smallest absolute Gasteiger partial charge is 0.419 e. The molecule has 39 heavy (non-hydrogen) atoms. The maximum Gasteiger partial charge on any atom is 2.00 e. The predicted molar refractivity (Wildman–Crippen MR) is 153 cm³/mol. The second-order valence-electron chi connectivity index (χ2n) is 8.91. The Morgan fingerprint density at radius 1 is 0.795 bits per heavy atom. The Labute approximate surface area is 246 Å². The van der Waals surface area contributed by atoms with Gasteiger partial charge in [-0.15, -0.1) is 28.6 Å². The van der Waals surface area contributed by atoms with Gasteiger partial charge in [0.25, 0.3) is 0 Å².